The quantitative estimate of drug-likeness (QED) is 0.228. The Morgan fingerprint density at radius 2 is 1.00 bits per heavy atom. The molecule has 24 heavy (non-hydrogen) atoms. The van der Waals surface area contributed by atoms with Crippen LogP contribution in [0.25, 0.3) is 0 Å². The van der Waals surface area contributed by atoms with Crippen LogP contribution in [0.4, 0.5) is 26.3 Å². The highest BCUT2D eigenvalue weighted by molar-refractivity contribution is 7.85. The van der Waals surface area contributed by atoms with Gasteiger partial charge in [-0.05, 0) is 12.8 Å². The Balaban J connectivity index is 3.63. The predicted octanol–water partition coefficient (Wildman–Crippen LogP) is 4.73. The fourth-order valence-electron chi connectivity index (χ4n) is 2.19. The first-order chi connectivity index (χ1) is 10.8. The summed E-state index contributed by atoms with van der Waals surface area (Å²) in [5.41, 5.74) is 0. The molecule has 0 saturated carbocycles. The van der Waals surface area contributed by atoms with Gasteiger partial charge in [-0.3, -0.25) is 4.55 Å². The topological polar surface area (TPSA) is 57.6 Å². The first-order valence-electron chi connectivity index (χ1n) is 7.70. The molecule has 0 aromatic heterocycles. The van der Waals surface area contributed by atoms with Gasteiger partial charge in [0.15, 0.2) is 0 Å². The lowest BCUT2D eigenvalue weighted by molar-refractivity contribution is -0.372. The number of halogens is 6. The summed E-state index contributed by atoms with van der Waals surface area (Å²) in [6.45, 7) is -1.09. The molecular formula is C13H23F6NO3S. The van der Waals surface area contributed by atoms with Gasteiger partial charge >= 0.3 is 12.6 Å². The van der Waals surface area contributed by atoms with Crippen LogP contribution in [0.2, 0.25) is 0 Å². The molecule has 0 fully saturated rings. The predicted molar refractivity (Wildman–Crippen MR) is 76.8 cm³/mol. The van der Waals surface area contributed by atoms with Crippen molar-refractivity contribution in [1.82, 2.24) is 4.90 Å². The second kappa shape index (κ2) is 10.4. The fourth-order valence-corrected chi connectivity index (χ4v) is 2.76. The summed E-state index contributed by atoms with van der Waals surface area (Å²) >= 11 is 0. The van der Waals surface area contributed by atoms with Crippen molar-refractivity contribution in [2.75, 3.05) is 12.3 Å². The van der Waals surface area contributed by atoms with Crippen LogP contribution in [0, 0.1) is 0 Å². The largest absolute Gasteiger partial charge is 0.467 e. The van der Waals surface area contributed by atoms with E-state index < -0.39 is 34.2 Å². The van der Waals surface area contributed by atoms with Gasteiger partial charge in [0, 0.05) is 6.54 Å². The summed E-state index contributed by atoms with van der Waals surface area (Å²) in [6, 6.07) is 0. The zero-order chi connectivity index (χ0) is 18.9. The fraction of sp³-hybridized carbons (Fsp3) is 1.00. The van der Waals surface area contributed by atoms with Crippen LogP contribution in [-0.4, -0.2) is 42.8 Å². The number of hydrogen-bond donors (Lipinski definition) is 1. The third kappa shape index (κ3) is 12.8. The first kappa shape index (κ1) is 23.4. The Bertz CT molecular complexity index is 422. The Labute approximate surface area is 138 Å². The molecule has 0 amide bonds. The van der Waals surface area contributed by atoms with Crippen molar-refractivity contribution in [3.63, 3.8) is 0 Å². The van der Waals surface area contributed by atoms with E-state index in [0.717, 1.165) is 19.3 Å². The third-order valence-corrected chi connectivity index (χ3v) is 4.20. The lowest BCUT2D eigenvalue weighted by Gasteiger charge is -2.26. The SMILES string of the molecule is O=S(=O)(O)CCCCCCCCCCCN(C(F)(F)F)C(F)(F)F. The minimum absolute atomic E-state index is 0.187. The highest BCUT2D eigenvalue weighted by Crippen LogP contribution is 2.33. The van der Waals surface area contributed by atoms with Crippen molar-refractivity contribution in [1.29, 1.82) is 0 Å². The van der Waals surface area contributed by atoms with E-state index in [-0.39, 0.29) is 18.6 Å². The van der Waals surface area contributed by atoms with E-state index in [1.54, 1.807) is 0 Å². The molecule has 0 aromatic rings. The average Bonchev–Trinajstić information content (AvgIpc) is 2.35. The maximum Gasteiger partial charge on any atom is 0.467 e. The zero-order valence-corrected chi connectivity index (χ0v) is 14.0. The van der Waals surface area contributed by atoms with Crippen LogP contribution in [0.1, 0.15) is 57.8 Å². The van der Waals surface area contributed by atoms with Crippen molar-refractivity contribution in [3.8, 4) is 0 Å². The molecule has 0 atom stereocenters. The van der Waals surface area contributed by atoms with Gasteiger partial charge in [0.1, 0.15) is 0 Å². The van der Waals surface area contributed by atoms with Crippen LogP contribution >= 0.6 is 0 Å². The van der Waals surface area contributed by atoms with E-state index in [1.807, 2.05) is 0 Å². The molecule has 4 nitrogen and oxygen atoms in total. The Hall–Kier alpha value is -0.550. The van der Waals surface area contributed by atoms with Crippen molar-refractivity contribution < 1.29 is 39.3 Å². The summed E-state index contributed by atoms with van der Waals surface area (Å²) < 4.78 is 103. The lowest BCUT2D eigenvalue weighted by atomic mass is 10.1. The van der Waals surface area contributed by atoms with Crippen molar-refractivity contribution >= 4 is 10.1 Å². The van der Waals surface area contributed by atoms with Crippen molar-refractivity contribution in [3.05, 3.63) is 0 Å². The van der Waals surface area contributed by atoms with Crippen LogP contribution < -0.4 is 0 Å². The smallest absolute Gasteiger partial charge is 0.286 e. The average molecular weight is 387 g/mol. The second-order valence-corrected chi connectivity index (χ2v) is 7.13. The van der Waals surface area contributed by atoms with Gasteiger partial charge in [-0.25, -0.2) is 0 Å². The van der Waals surface area contributed by atoms with E-state index >= 15 is 0 Å². The molecular weight excluding hydrogens is 364 g/mol. The molecule has 0 aliphatic carbocycles. The summed E-state index contributed by atoms with van der Waals surface area (Å²) in [7, 11) is -3.92. The molecule has 0 radical (unpaired) electrons. The molecule has 146 valence electrons. The van der Waals surface area contributed by atoms with Crippen LogP contribution in [0.15, 0.2) is 0 Å². The Morgan fingerprint density at radius 1 is 0.667 bits per heavy atom. The molecule has 1 N–H and O–H groups in total. The van der Waals surface area contributed by atoms with Gasteiger partial charge in [-0.2, -0.15) is 34.8 Å². The van der Waals surface area contributed by atoms with Gasteiger partial charge < -0.3 is 0 Å². The van der Waals surface area contributed by atoms with Crippen LogP contribution in [0.3, 0.4) is 0 Å². The first-order valence-corrected chi connectivity index (χ1v) is 9.31. The van der Waals surface area contributed by atoms with Gasteiger partial charge in [-0.15, -0.1) is 4.90 Å². The number of nitrogens with zero attached hydrogens (tertiary/aromatic N) is 1. The molecule has 0 unspecified atom stereocenters. The summed E-state index contributed by atoms with van der Waals surface area (Å²) in [5, 5.41) is 0. The van der Waals surface area contributed by atoms with Crippen LogP contribution in [-0.2, 0) is 10.1 Å². The summed E-state index contributed by atoms with van der Waals surface area (Å²) in [6.07, 6.45) is -6.11. The van der Waals surface area contributed by atoms with E-state index in [9.17, 15) is 34.8 Å². The van der Waals surface area contributed by atoms with Crippen LogP contribution in [0.5, 0.6) is 0 Å². The molecule has 0 aliphatic heterocycles. The van der Waals surface area contributed by atoms with E-state index in [0.29, 0.717) is 25.7 Å². The normalized spacial score (nSPS) is 13.7. The minimum atomic E-state index is -5.42. The third-order valence-electron chi connectivity index (χ3n) is 3.40. The Morgan fingerprint density at radius 3 is 1.33 bits per heavy atom. The maximum atomic E-state index is 12.2. The molecule has 0 spiro atoms. The molecule has 0 rings (SSSR count). The lowest BCUT2D eigenvalue weighted by Crippen LogP contribution is -2.48. The number of hydrogen-bond acceptors (Lipinski definition) is 3. The number of rotatable bonds is 12. The van der Waals surface area contributed by atoms with Crippen molar-refractivity contribution in [2.45, 2.75) is 70.4 Å². The molecule has 0 bridgehead atoms. The monoisotopic (exact) mass is 387 g/mol. The van der Waals surface area contributed by atoms with Crippen molar-refractivity contribution in [2.24, 2.45) is 0 Å². The minimum Gasteiger partial charge on any atom is -0.286 e. The van der Waals surface area contributed by atoms with Gasteiger partial charge in [-0.1, -0.05) is 44.9 Å². The van der Waals surface area contributed by atoms with E-state index in [4.69, 9.17) is 4.55 Å². The Kier molecular flexibility index (Phi) is 10.2. The van der Waals surface area contributed by atoms with Gasteiger partial charge in [0.2, 0.25) is 0 Å². The number of alkyl halides is 6. The highest BCUT2D eigenvalue weighted by atomic mass is 32.2. The molecule has 0 heterocycles. The van der Waals surface area contributed by atoms with E-state index in [1.165, 1.54) is 0 Å². The van der Waals surface area contributed by atoms with Gasteiger partial charge in [0.05, 0.1) is 5.75 Å². The van der Waals surface area contributed by atoms with Gasteiger partial charge in [0.25, 0.3) is 10.1 Å². The molecule has 0 aliphatic rings. The van der Waals surface area contributed by atoms with E-state index in [2.05, 4.69) is 0 Å². The highest BCUT2D eigenvalue weighted by Gasteiger charge is 2.53. The zero-order valence-electron chi connectivity index (χ0n) is 13.2. The summed E-state index contributed by atoms with van der Waals surface area (Å²) in [4.78, 5) is -1.41. The maximum absolute atomic E-state index is 12.2. The standard InChI is InChI=1S/C13H23F6NO3S/c14-12(15,16)20(13(17,18)19)10-8-6-4-2-1-3-5-7-9-11-24(21,22)23/h1-11H2,(H,21,22,23). The molecule has 11 heteroatoms. The summed E-state index contributed by atoms with van der Waals surface area (Å²) in [5.74, 6) is -0.276. The second-order valence-electron chi connectivity index (χ2n) is 5.56. The molecule has 0 aromatic carbocycles. The molecule has 0 saturated heterocycles. The number of unbranched alkanes of at least 4 members (excludes halogenated alkanes) is 8.